The Hall–Kier alpha value is -2.18. The molecule has 2 unspecified atom stereocenters. The molecular formula is C23H32N4O2. The standard InChI is InChI=1S/C23H32N4O2/c1-19-8-5-6-12-23(19)21(28)27(22(29)24-23)18-26-16-14-25(15-17-26)13-7-11-20-9-3-2-4-10-20/h2-4,7,9-11,19H,5-6,8,12-18H2,1H3,(H,24,29). The third kappa shape index (κ3) is 4.23. The van der Waals surface area contributed by atoms with Crippen molar-refractivity contribution in [2.24, 2.45) is 5.92 Å². The van der Waals surface area contributed by atoms with Crippen LogP contribution >= 0.6 is 0 Å². The number of benzene rings is 1. The Morgan fingerprint density at radius 3 is 2.52 bits per heavy atom. The lowest BCUT2D eigenvalue weighted by atomic mass is 9.73. The van der Waals surface area contributed by atoms with Crippen molar-refractivity contribution in [1.29, 1.82) is 0 Å². The minimum absolute atomic E-state index is 0.0112. The summed E-state index contributed by atoms with van der Waals surface area (Å²) in [6.07, 6.45) is 8.30. The van der Waals surface area contributed by atoms with Crippen LogP contribution in [0.25, 0.3) is 6.08 Å². The first-order valence-corrected chi connectivity index (χ1v) is 10.9. The second-order valence-corrected chi connectivity index (χ2v) is 8.65. The number of nitrogens with zero attached hydrogens (tertiary/aromatic N) is 3. The number of carbonyl (C=O) groups is 2. The van der Waals surface area contributed by atoms with Gasteiger partial charge in [-0.05, 0) is 24.3 Å². The normalized spacial score (nSPS) is 29.1. The van der Waals surface area contributed by atoms with E-state index in [1.54, 1.807) is 0 Å². The first-order valence-electron chi connectivity index (χ1n) is 10.9. The lowest BCUT2D eigenvalue weighted by Crippen LogP contribution is -2.55. The Kier molecular flexibility index (Phi) is 6.01. The number of amides is 3. The fourth-order valence-corrected chi connectivity index (χ4v) is 4.84. The van der Waals surface area contributed by atoms with Crippen molar-refractivity contribution in [2.45, 2.75) is 38.1 Å². The van der Waals surface area contributed by atoms with E-state index in [4.69, 9.17) is 0 Å². The molecule has 0 aromatic heterocycles. The van der Waals surface area contributed by atoms with Crippen LogP contribution in [0.3, 0.4) is 0 Å². The molecule has 1 saturated carbocycles. The number of piperazine rings is 1. The smallest absolute Gasteiger partial charge is 0.323 e. The van der Waals surface area contributed by atoms with E-state index in [0.29, 0.717) is 6.67 Å². The molecule has 1 aromatic carbocycles. The molecule has 4 rings (SSSR count). The van der Waals surface area contributed by atoms with Gasteiger partial charge in [-0.15, -0.1) is 0 Å². The highest BCUT2D eigenvalue weighted by molar-refractivity contribution is 6.07. The van der Waals surface area contributed by atoms with E-state index in [1.807, 2.05) is 18.2 Å². The summed E-state index contributed by atoms with van der Waals surface area (Å²) in [5.74, 6) is 0.203. The Bertz CT molecular complexity index is 757. The third-order valence-electron chi connectivity index (χ3n) is 6.78. The van der Waals surface area contributed by atoms with Crippen molar-refractivity contribution in [3.05, 3.63) is 42.0 Å². The Labute approximate surface area is 173 Å². The maximum atomic E-state index is 13.1. The van der Waals surface area contributed by atoms with Crippen LogP contribution in [0.4, 0.5) is 4.79 Å². The molecule has 1 aromatic rings. The summed E-state index contributed by atoms with van der Waals surface area (Å²) in [6.45, 7) is 7.08. The largest absolute Gasteiger partial charge is 0.326 e. The molecule has 3 fully saturated rings. The molecule has 29 heavy (non-hydrogen) atoms. The van der Waals surface area contributed by atoms with Gasteiger partial charge >= 0.3 is 6.03 Å². The van der Waals surface area contributed by atoms with Gasteiger partial charge < -0.3 is 5.32 Å². The van der Waals surface area contributed by atoms with Crippen LogP contribution in [0.2, 0.25) is 0 Å². The van der Waals surface area contributed by atoms with Crippen LogP contribution in [0.15, 0.2) is 36.4 Å². The minimum Gasteiger partial charge on any atom is -0.323 e. The zero-order chi connectivity index (χ0) is 20.3. The molecule has 2 saturated heterocycles. The number of rotatable bonds is 5. The quantitative estimate of drug-likeness (QED) is 0.778. The lowest BCUT2D eigenvalue weighted by Gasteiger charge is -2.38. The Balaban J connectivity index is 1.27. The molecule has 3 amide bonds. The number of nitrogens with one attached hydrogen (secondary N) is 1. The molecule has 1 spiro atoms. The van der Waals surface area contributed by atoms with Gasteiger partial charge in [-0.1, -0.05) is 62.2 Å². The van der Waals surface area contributed by atoms with Gasteiger partial charge in [-0.25, -0.2) is 9.69 Å². The zero-order valence-electron chi connectivity index (χ0n) is 17.3. The van der Waals surface area contributed by atoms with E-state index in [1.165, 1.54) is 10.5 Å². The Morgan fingerprint density at radius 1 is 1.07 bits per heavy atom. The van der Waals surface area contributed by atoms with Crippen LogP contribution in [0.5, 0.6) is 0 Å². The minimum atomic E-state index is -0.653. The van der Waals surface area contributed by atoms with Gasteiger partial charge in [0.15, 0.2) is 0 Å². The summed E-state index contributed by atoms with van der Waals surface area (Å²) >= 11 is 0. The predicted molar refractivity (Wildman–Crippen MR) is 114 cm³/mol. The maximum Gasteiger partial charge on any atom is 0.326 e. The first kappa shape index (κ1) is 20.1. The van der Waals surface area contributed by atoms with E-state index < -0.39 is 5.54 Å². The zero-order valence-corrected chi connectivity index (χ0v) is 17.3. The van der Waals surface area contributed by atoms with Crippen LogP contribution in [0.1, 0.15) is 38.2 Å². The number of carbonyl (C=O) groups excluding carboxylic acids is 2. The number of urea groups is 1. The van der Waals surface area contributed by atoms with Gasteiger partial charge in [0.2, 0.25) is 0 Å². The van der Waals surface area contributed by atoms with Crippen molar-refractivity contribution in [3.8, 4) is 0 Å². The summed E-state index contributed by atoms with van der Waals surface area (Å²) in [7, 11) is 0. The van der Waals surface area contributed by atoms with E-state index in [0.717, 1.165) is 58.4 Å². The van der Waals surface area contributed by atoms with E-state index >= 15 is 0 Å². The van der Waals surface area contributed by atoms with Crippen LogP contribution in [0, 0.1) is 5.92 Å². The van der Waals surface area contributed by atoms with E-state index in [9.17, 15) is 9.59 Å². The van der Waals surface area contributed by atoms with E-state index in [-0.39, 0.29) is 17.9 Å². The van der Waals surface area contributed by atoms with Gasteiger partial charge in [0.1, 0.15) is 5.54 Å². The first-order chi connectivity index (χ1) is 14.1. The van der Waals surface area contributed by atoms with Crippen molar-refractivity contribution >= 4 is 18.0 Å². The second kappa shape index (κ2) is 8.67. The lowest BCUT2D eigenvalue weighted by molar-refractivity contribution is -0.136. The highest BCUT2D eigenvalue weighted by Crippen LogP contribution is 2.38. The number of imide groups is 1. The van der Waals surface area contributed by atoms with Gasteiger partial charge in [0.25, 0.3) is 5.91 Å². The topological polar surface area (TPSA) is 55.9 Å². The Morgan fingerprint density at radius 2 is 1.79 bits per heavy atom. The van der Waals surface area contributed by atoms with Crippen molar-refractivity contribution < 1.29 is 9.59 Å². The molecule has 3 aliphatic rings. The maximum absolute atomic E-state index is 13.1. The van der Waals surface area contributed by atoms with Gasteiger partial charge in [-0.2, -0.15) is 0 Å². The average Bonchev–Trinajstić information content (AvgIpc) is 2.97. The molecule has 1 N–H and O–H groups in total. The van der Waals surface area contributed by atoms with Crippen molar-refractivity contribution in [1.82, 2.24) is 20.0 Å². The second-order valence-electron chi connectivity index (χ2n) is 8.65. The highest BCUT2D eigenvalue weighted by Gasteiger charge is 2.55. The number of hydrogen-bond donors (Lipinski definition) is 1. The average molecular weight is 397 g/mol. The van der Waals surface area contributed by atoms with Crippen LogP contribution < -0.4 is 5.32 Å². The molecule has 2 heterocycles. The summed E-state index contributed by atoms with van der Waals surface area (Å²) in [5, 5.41) is 3.05. The van der Waals surface area contributed by atoms with E-state index in [2.05, 4.69) is 46.3 Å². The molecule has 2 atom stereocenters. The van der Waals surface area contributed by atoms with Gasteiger partial charge in [-0.3, -0.25) is 14.6 Å². The summed E-state index contributed by atoms with van der Waals surface area (Å²) in [5.41, 5.74) is 0.565. The monoisotopic (exact) mass is 396 g/mol. The van der Waals surface area contributed by atoms with Crippen molar-refractivity contribution in [3.63, 3.8) is 0 Å². The van der Waals surface area contributed by atoms with Crippen LogP contribution in [-0.4, -0.2) is 71.6 Å². The summed E-state index contributed by atoms with van der Waals surface area (Å²) in [4.78, 5) is 31.8. The molecule has 0 bridgehead atoms. The number of hydrogen-bond acceptors (Lipinski definition) is 4. The van der Waals surface area contributed by atoms with Crippen LogP contribution in [-0.2, 0) is 4.79 Å². The third-order valence-corrected chi connectivity index (χ3v) is 6.78. The molecule has 2 aliphatic heterocycles. The summed E-state index contributed by atoms with van der Waals surface area (Å²) < 4.78 is 0. The molecule has 6 nitrogen and oxygen atoms in total. The fraction of sp³-hybridized carbons (Fsp3) is 0.565. The molecule has 1 aliphatic carbocycles. The molecule has 6 heteroatoms. The molecule has 0 radical (unpaired) electrons. The predicted octanol–water partition coefficient (Wildman–Crippen LogP) is 2.78. The molecular weight excluding hydrogens is 364 g/mol. The van der Waals surface area contributed by atoms with Crippen molar-refractivity contribution in [2.75, 3.05) is 39.4 Å². The SMILES string of the molecule is CC1CCCCC12NC(=O)N(CN1CCN(CC=Cc3ccccc3)CC1)C2=O. The fourth-order valence-electron chi connectivity index (χ4n) is 4.84. The van der Waals surface area contributed by atoms with Gasteiger partial charge in [0.05, 0.1) is 6.67 Å². The highest BCUT2D eigenvalue weighted by atomic mass is 16.2. The molecule has 156 valence electrons. The van der Waals surface area contributed by atoms with Gasteiger partial charge in [0, 0.05) is 32.7 Å². The summed E-state index contributed by atoms with van der Waals surface area (Å²) in [6, 6.07) is 10.1.